The van der Waals surface area contributed by atoms with Crippen LogP contribution in [-0.2, 0) is 13.6 Å². The van der Waals surface area contributed by atoms with Gasteiger partial charge in [0, 0.05) is 26.7 Å². The van der Waals surface area contributed by atoms with E-state index in [0.29, 0.717) is 18.4 Å². The highest BCUT2D eigenvalue weighted by Crippen LogP contribution is 2.32. The molecule has 2 atom stereocenters. The fourth-order valence-corrected chi connectivity index (χ4v) is 3.91. The van der Waals surface area contributed by atoms with E-state index in [4.69, 9.17) is 4.99 Å². The molecule has 1 aromatic carbocycles. The minimum Gasteiger partial charge on any atom is -0.356 e. The SMILES string of the molecule is CCCCNC(=NCc1nnc(C)n1C)N1CCC(c2ccccc2)C(C)C1. The normalized spacial score (nSPS) is 20.4. The Bertz CT molecular complexity index is 767. The summed E-state index contributed by atoms with van der Waals surface area (Å²) in [4.78, 5) is 7.32. The first kappa shape index (κ1) is 20.4. The first-order valence-electron chi connectivity index (χ1n) is 10.5. The molecule has 1 saturated heterocycles. The number of benzene rings is 1. The average Bonchev–Trinajstić information content (AvgIpc) is 3.03. The Morgan fingerprint density at radius 3 is 2.68 bits per heavy atom. The maximum Gasteiger partial charge on any atom is 0.194 e. The maximum absolute atomic E-state index is 4.90. The minimum atomic E-state index is 0.554. The molecule has 1 aliphatic heterocycles. The van der Waals surface area contributed by atoms with Gasteiger partial charge < -0.3 is 14.8 Å². The summed E-state index contributed by atoms with van der Waals surface area (Å²) >= 11 is 0. The molecule has 2 aromatic rings. The standard InChI is InChI=1S/C22H34N6/c1-5-6-13-23-22(24-15-21-26-25-18(3)27(21)4)28-14-12-20(17(2)16-28)19-10-8-7-9-11-19/h7-11,17,20H,5-6,12-16H2,1-4H3,(H,23,24). The molecule has 152 valence electrons. The summed E-state index contributed by atoms with van der Waals surface area (Å²) in [6, 6.07) is 10.9. The predicted molar refractivity (Wildman–Crippen MR) is 114 cm³/mol. The summed E-state index contributed by atoms with van der Waals surface area (Å²) in [5.41, 5.74) is 1.46. The fraction of sp³-hybridized carbons (Fsp3) is 0.591. The molecule has 0 amide bonds. The highest BCUT2D eigenvalue weighted by Gasteiger charge is 2.28. The first-order chi connectivity index (χ1) is 13.6. The summed E-state index contributed by atoms with van der Waals surface area (Å²) < 4.78 is 2.01. The zero-order chi connectivity index (χ0) is 19.9. The van der Waals surface area contributed by atoms with Crippen LogP contribution >= 0.6 is 0 Å². The van der Waals surface area contributed by atoms with Crippen LogP contribution in [0.4, 0.5) is 0 Å². The van der Waals surface area contributed by atoms with E-state index in [1.54, 1.807) is 0 Å². The molecular weight excluding hydrogens is 348 g/mol. The molecule has 28 heavy (non-hydrogen) atoms. The fourth-order valence-electron chi connectivity index (χ4n) is 3.91. The molecule has 1 N–H and O–H groups in total. The lowest BCUT2D eigenvalue weighted by atomic mass is 9.82. The summed E-state index contributed by atoms with van der Waals surface area (Å²) in [6.07, 6.45) is 3.48. The van der Waals surface area contributed by atoms with E-state index in [2.05, 4.69) is 64.6 Å². The smallest absolute Gasteiger partial charge is 0.194 e. The van der Waals surface area contributed by atoms with E-state index in [-0.39, 0.29) is 0 Å². The van der Waals surface area contributed by atoms with Gasteiger partial charge in [0.25, 0.3) is 0 Å². The van der Waals surface area contributed by atoms with Crippen LogP contribution in [0.1, 0.15) is 56.2 Å². The lowest BCUT2D eigenvalue weighted by molar-refractivity contribution is 0.234. The van der Waals surface area contributed by atoms with E-state index in [1.165, 1.54) is 12.0 Å². The summed E-state index contributed by atoms with van der Waals surface area (Å²) in [7, 11) is 2.00. The van der Waals surface area contributed by atoms with Gasteiger partial charge in [-0.2, -0.15) is 0 Å². The lowest BCUT2D eigenvalue weighted by Gasteiger charge is -2.39. The van der Waals surface area contributed by atoms with Crippen LogP contribution in [0.2, 0.25) is 0 Å². The van der Waals surface area contributed by atoms with Crippen molar-refractivity contribution in [2.75, 3.05) is 19.6 Å². The molecular formula is C22H34N6. The van der Waals surface area contributed by atoms with Crippen molar-refractivity contribution >= 4 is 5.96 Å². The number of hydrogen-bond donors (Lipinski definition) is 1. The van der Waals surface area contributed by atoms with Gasteiger partial charge in [-0.15, -0.1) is 10.2 Å². The maximum atomic E-state index is 4.90. The van der Waals surface area contributed by atoms with E-state index in [9.17, 15) is 0 Å². The van der Waals surface area contributed by atoms with Gasteiger partial charge >= 0.3 is 0 Å². The van der Waals surface area contributed by atoms with Crippen molar-refractivity contribution < 1.29 is 0 Å². The molecule has 1 aliphatic rings. The molecule has 0 bridgehead atoms. The second kappa shape index (κ2) is 9.71. The molecule has 6 nitrogen and oxygen atoms in total. The highest BCUT2D eigenvalue weighted by molar-refractivity contribution is 5.80. The zero-order valence-electron chi connectivity index (χ0n) is 17.7. The number of likely N-dealkylation sites (tertiary alicyclic amines) is 1. The number of aromatic nitrogens is 3. The van der Waals surface area contributed by atoms with Crippen molar-refractivity contribution in [2.45, 2.75) is 52.5 Å². The van der Waals surface area contributed by atoms with Crippen LogP contribution < -0.4 is 5.32 Å². The number of aliphatic imine (C=N–C) groups is 1. The third-order valence-corrected chi connectivity index (χ3v) is 5.80. The van der Waals surface area contributed by atoms with Crippen LogP contribution in [0, 0.1) is 12.8 Å². The quantitative estimate of drug-likeness (QED) is 0.472. The Kier molecular flexibility index (Phi) is 7.06. The molecule has 0 radical (unpaired) electrons. The molecule has 0 saturated carbocycles. The molecule has 6 heteroatoms. The van der Waals surface area contributed by atoms with E-state index in [0.717, 1.165) is 50.1 Å². The minimum absolute atomic E-state index is 0.554. The van der Waals surface area contributed by atoms with Gasteiger partial charge in [-0.1, -0.05) is 50.6 Å². The molecule has 0 aliphatic carbocycles. The molecule has 1 fully saturated rings. The number of hydrogen-bond acceptors (Lipinski definition) is 3. The van der Waals surface area contributed by atoms with Crippen molar-refractivity contribution in [3.8, 4) is 0 Å². The number of unbranched alkanes of at least 4 members (excludes halogenated alkanes) is 1. The zero-order valence-corrected chi connectivity index (χ0v) is 17.7. The number of rotatable bonds is 6. The molecule has 2 unspecified atom stereocenters. The predicted octanol–water partition coefficient (Wildman–Crippen LogP) is 3.49. The topological polar surface area (TPSA) is 58.3 Å². The monoisotopic (exact) mass is 382 g/mol. The molecule has 1 aromatic heterocycles. The lowest BCUT2D eigenvalue weighted by Crippen LogP contribution is -2.48. The number of guanidine groups is 1. The Balaban J connectivity index is 1.69. The second-order valence-corrected chi connectivity index (χ2v) is 7.87. The van der Waals surface area contributed by atoms with Crippen molar-refractivity contribution in [3.63, 3.8) is 0 Å². The van der Waals surface area contributed by atoms with E-state index >= 15 is 0 Å². The van der Waals surface area contributed by atoms with E-state index < -0.39 is 0 Å². The number of piperidine rings is 1. The van der Waals surface area contributed by atoms with Crippen LogP contribution in [0.5, 0.6) is 0 Å². The molecule has 3 rings (SSSR count). The van der Waals surface area contributed by atoms with E-state index in [1.807, 2.05) is 18.5 Å². The Morgan fingerprint density at radius 2 is 2.04 bits per heavy atom. The first-order valence-corrected chi connectivity index (χ1v) is 10.5. The molecule has 0 spiro atoms. The second-order valence-electron chi connectivity index (χ2n) is 7.87. The Hall–Kier alpha value is -2.37. The van der Waals surface area contributed by atoms with Crippen LogP contribution in [0.15, 0.2) is 35.3 Å². The summed E-state index contributed by atoms with van der Waals surface area (Å²) in [5.74, 6) is 4.04. The van der Waals surface area contributed by atoms with Crippen molar-refractivity contribution in [1.82, 2.24) is 25.0 Å². The number of nitrogens with one attached hydrogen (secondary N) is 1. The third-order valence-electron chi connectivity index (χ3n) is 5.80. The van der Waals surface area contributed by atoms with Crippen molar-refractivity contribution in [1.29, 1.82) is 0 Å². The Labute approximate surface area is 169 Å². The summed E-state index contributed by atoms with van der Waals surface area (Å²) in [5, 5.41) is 12.0. The third kappa shape index (κ3) is 4.91. The largest absolute Gasteiger partial charge is 0.356 e. The van der Waals surface area contributed by atoms with Gasteiger partial charge in [0.1, 0.15) is 12.4 Å². The number of aryl methyl sites for hydroxylation is 1. The van der Waals surface area contributed by atoms with Gasteiger partial charge in [-0.05, 0) is 37.2 Å². The van der Waals surface area contributed by atoms with Gasteiger partial charge in [0.15, 0.2) is 11.8 Å². The van der Waals surface area contributed by atoms with Gasteiger partial charge in [0.2, 0.25) is 0 Å². The van der Waals surface area contributed by atoms with Crippen molar-refractivity contribution in [2.24, 2.45) is 18.0 Å². The number of nitrogens with zero attached hydrogens (tertiary/aromatic N) is 5. The highest BCUT2D eigenvalue weighted by atomic mass is 15.3. The molecule has 2 heterocycles. The Morgan fingerprint density at radius 1 is 1.25 bits per heavy atom. The van der Waals surface area contributed by atoms with Gasteiger partial charge in [0.05, 0.1) is 0 Å². The van der Waals surface area contributed by atoms with Crippen LogP contribution in [-0.4, -0.2) is 45.3 Å². The van der Waals surface area contributed by atoms with Crippen molar-refractivity contribution in [3.05, 3.63) is 47.5 Å². The average molecular weight is 383 g/mol. The van der Waals surface area contributed by atoms with Gasteiger partial charge in [-0.25, -0.2) is 4.99 Å². The summed E-state index contributed by atoms with van der Waals surface area (Å²) in [6.45, 7) is 10.1. The van der Waals surface area contributed by atoms with Crippen LogP contribution in [0.25, 0.3) is 0 Å². The van der Waals surface area contributed by atoms with Gasteiger partial charge in [-0.3, -0.25) is 0 Å². The van der Waals surface area contributed by atoms with Crippen LogP contribution in [0.3, 0.4) is 0 Å².